The third kappa shape index (κ3) is 6.85. The number of hydrogen-bond donors (Lipinski definition) is 0. The summed E-state index contributed by atoms with van der Waals surface area (Å²) in [6.07, 6.45) is 29.0. The Morgan fingerprint density at radius 3 is 1.52 bits per heavy atom. The van der Waals surface area contributed by atoms with E-state index in [-0.39, 0.29) is 0 Å². The van der Waals surface area contributed by atoms with Crippen molar-refractivity contribution in [1.82, 2.24) is 67.3 Å². The van der Waals surface area contributed by atoms with Crippen molar-refractivity contribution in [3.63, 3.8) is 0 Å². The Labute approximate surface area is 506 Å². The topological polar surface area (TPSA) is 161 Å². The third-order valence-electron chi connectivity index (χ3n) is 17.7. The van der Waals surface area contributed by atoms with E-state index >= 15 is 0 Å². The van der Waals surface area contributed by atoms with E-state index in [0.717, 1.165) is 64.2 Å². The highest BCUT2D eigenvalue weighted by Gasteiger charge is 2.39. The first kappa shape index (κ1) is 43.5. The van der Waals surface area contributed by atoms with Crippen molar-refractivity contribution < 1.29 is 30.9 Å². The first-order valence-corrected chi connectivity index (χ1v) is 29.1. The van der Waals surface area contributed by atoms with E-state index in [0.29, 0.717) is 34.4 Å². The second-order valence-electron chi connectivity index (χ2n) is 22.2. The van der Waals surface area contributed by atoms with Gasteiger partial charge in [-0.25, -0.2) is 27.4 Å². The monoisotopic (exact) mass is 1160 g/mol. The molecule has 0 N–H and O–H groups in total. The van der Waals surface area contributed by atoms with E-state index in [1.54, 1.807) is 41.5 Å². The summed E-state index contributed by atoms with van der Waals surface area (Å²) < 4.78 is 76.1. The Morgan fingerprint density at radius 1 is 0.414 bits per heavy atom. The summed E-state index contributed by atoms with van der Waals surface area (Å²) in [5.74, 6) is 4.15. The number of fused-ring (bicyclic) bond motifs is 28. The lowest BCUT2D eigenvalue weighted by atomic mass is 10.2. The second-order valence-corrected chi connectivity index (χ2v) is 23.2. The van der Waals surface area contributed by atoms with Crippen molar-refractivity contribution in [2.75, 3.05) is 0 Å². The minimum Gasteiger partial charge on any atom is -0.417 e. The number of aryl methyl sites for hydroxylation is 5. The van der Waals surface area contributed by atoms with Crippen LogP contribution in [0.1, 0.15) is 30.5 Å². The number of benzene rings is 1. The fraction of sp³-hybridized carbons (Fsp3) is 0.134. The van der Waals surface area contributed by atoms with Crippen LogP contribution in [-0.2, 0) is 61.3 Å². The molecule has 0 radical (unpaired) electrons. The largest absolute Gasteiger partial charge is 0.417 e. The van der Waals surface area contributed by atoms with Gasteiger partial charge < -0.3 is 4.42 Å². The molecule has 0 bridgehead atoms. The maximum absolute atomic E-state index is 8.12. The maximum atomic E-state index is 8.12. The number of para-hydroxylation sites is 1. The number of hydrogen-bond acceptors (Lipinski definition) is 10. The molecule has 4 aliphatic rings. The van der Waals surface area contributed by atoms with Crippen LogP contribution in [-0.4, -0.2) is 67.3 Å². The molecule has 16 aromatic heterocycles. The lowest BCUT2D eigenvalue weighted by Crippen LogP contribution is -2.33. The summed E-state index contributed by atoms with van der Waals surface area (Å²) in [6.45, 7) is -2.05. The number of rotatable bonds is 1. The van der Waals surface area contributed by atoms with Gasteiger partial charge in [-0.1, -0.05) is 29.5 Å². The predicted molar refractivity (Wildman–Crippen MR) is 331 cm³/mol. The van der Waals surface area contributed by atoms with Gasteiger partial charge in [0.25, 0.3) is 22.9 Å². The van der Waals surface area contributed by atoms with Gasteiger partial charge in [-0.15, -0.1) is 0 Å². The van der Waals surface area contributed by atoms with Crippen LogP contribution in [0.25, 0.3) is 138 Å². The van der Waals surface area contributed by atoms with Gasteiger partial charge in [0.05, 0.1) is 118 Å². The van der Waals surface area contributed by atoms with E-state index in [1.807, 2.05) is 79.4 Å². The smallest absolute Gasteiger partial charge is 0.339 e. The molecule has 0 fully saturated rings. The zero-order valence-corrected chi connectivity index (χ0v) is 47.8. The zero-order chi connectivity index (χ0) is 62.9. The van der Waals surface area contributed by atoms with Crippen LogP contribution in [0.5, 0.6) is 0 Å². The minimum absolute atomic E-state index is 0.348. The molecule has 0 spiro atoms. The Balaban J connectivity index is 0.0000000920. The van der Waals surface area contributed by atoms with Crippen LogP contribution in [0.15, 0.2) is 182 Å². The molecule has 21 rings (SSSR count). The summed E-state index contributed by atoms with van der Waals surface area (Å²) in [5, 5.41) is 4.17. The third-order valence-corrected chi connectivity index (χ3v) is 18.8. The highest BCUT2D eigenvalue weighted by atomic mass is 32.1. The average Bonchev–Trinajstić information content (AvgIpc) is 1.55. The van der Waals surface area contributed by atoms with Gasteiger partial charge in [-0.05, 0) is 60.7 Å². The van der Waals surface area contributed by atoms with Crippen LogP contribution in [0.3, 0.4) is 0 Å². The highest BCUT2D eigenvalue weighted by Crippen LogP contribution is 2.41. The Kier molecular flexibility index (Phi) is 9.22. The van der Waals surface area contributed by atoms with Crippen molar-refractivity contribution in [2.24, 2.45) is 35.1 Å². The van der Waals surface area contributed by atoms with Gasteiger partial charge in [0.15, 0.2) is 22.1 Å². The predicted octanol–water partition coefficient (Wildman–Crippen LogP) is 9.53. The molecular weight excluding hydrogens is 1100 g/mol. The number of imidazole rings is 4. The molecule has 0 amide bonds. The second kappa shape index (κ2) is 18.4. The van der Waals surface area contributed by atoms with Gasteiger partial charge in [-0.3, -0.25) is 53.6 Å². The number of furan rings is 1. The first-order valence-electron chi connectivity index (χ1n) is 31.3. The van der Waals surface area contributed by atoms with E-state index in [2.05, 4.69) is 154 Å². The molecule has 19 nitrogen and oxygen atoms in total. The van der Waals surface area contributed by atoms with Crippen LogP contribution in [0.2, 0.25) is 0 Å². The summed E-state index contributed by atoms with van der Waals surface area (Å²) in [7, 11) is 6.38. The molecule has 87 heavy (non-hydrogen) atoms. The molecule has 1 aromatic carbocycles. The lowest BCUT2D eigenvalue weighted by molar-refractivity contribution is -0.652. The molecule has 17 aromatic rings. The molecule has 0 saturated carbocycles. The number of aromatic nitrogens is 18. The van der Waals surface area contributed by atoms with Crippen LogP contribution in [0.4, 0.5) is 0 Å². The standard InChI is InChI=1S/C21H16N5.C16H14N5.C15H11N4O.C15H11N4S/c1-24-19-17-8-10-23-12-18(17)26(15-5-3-2-4-6-15)21(19)25-13-14-11-22-9-7-16(14)20(24)25;1-19-13-8-18-6-4-12(13)14-16(19)21-9-10-7-17-5-3-11(10)15(21)20(14)2;2*1-18-13-11-3-5-17-7-12(11)20-15(13)19-8-9-6-16-4-2-10(9)14(18)19/h2-12H,13H2,1H3;3-8H,9H2,1-2H3;2*2-7H,8H2,1H3/q4*+1/i;1D3,2D3;;. The Hall–Kier alpha value is -11.1. The Morgan fingerprint density at radius 2 is 0.874 bits per heavy atom. The average molecular weight is 1160 g/mol. The van der Waals surface area contributed by atoms with Gasteiger partial charge in [0.2, 0.25) is 22.0 Å². The normalized spacial score (nSPS) is 14.2. The molecule has 20 heteroatoms. The first-order chi connectivity index (χ1) is 45.2. The van der Waals surface area contributed by atoms with Gasteiger partial charge in [-0.2, -0.15) is 4.57 Å². The SMILES string of the molecule is Cn1c2[n+](c3c1c1ccncc1n3-c1ccccc1)Cc1cnccc1-2.Cn1c2[n+](c3oc4cnccc4c31)Cc1cnccc1-2.Cn1c2[n+](c3sc4cnccc4c31)Cc1cnccc1-2.[2H]C([2H])([2H])n1c2[n+](c3c1c1ccncc1n3C([2H])([2H])[2H])Cc1cnccc1-2. The van der Waals surface area contributed by atoms with Crippen molar-refractivity contribution in [3.05, 3.63) is 200 Å². The quantitative estimate of drug-likeness (QED) is 0.146. The maximum Gasteiger partial charge on any atom is 0.339 e. The van der Waals surface area contributed by atoms with Gasteiger partial charge in [0, 0.05) is 108 Å². The van der Waals surface area contributed by atoms with Crippen LogP contribution >= 0.6 is 11.3 Å². The molecule has 0 saturated heterocycles. The summed E-state index contributed by atoms with van der Waals surface area (Å²) in [5.41, 5.74) is 19.2. The summed E-state index contributed by atoms with van der Waals surface area (Å²) in [4.78, 5) is 35.0. The van der Waals surface area contributed by atoms with Gasteiger partial charge >= 0.3 is 5.71 Å². The molecule has 4 aliphatic heterocycles. The highest BCUT2D eigenvalue weighted by molar-refractivity contribution is 7.25. The molecule has 20 heterocycles. The van der Waals surface area contributed by atoms with Crippen molar-refractivity contribution in [2.45, 2.75) is 26.2 Å². The van der Waals surface area contributed by atoms with Crippen molar-refractivity contribution >= 4 is 98.1 Å². The lowest BCUT2D eigenvalue weighted by Gasteiger charge is -2.02. The van der Waals surface area contributed by atoms with Crippen LogP contribution < -0.4 is 18.3 Å². The zero-order valence-electron chi connectivity index (χ0n) is 52.9. The van der Waals surface area contributed by atoms with Crippen LogP contribution in [0, 0.1) is 0 Å². The molecule has 418 valence electrons. The summed E-state index contributed by atoms with van der Waals surface area (Å²) >= 11 is 1.82. The van der Waals surface area contributed by atoms with Crippen molar-refractivity contribution in [1.29, 1.82) is 0 Å². The summed E-state index contributed by atoms with van der Waals surface area (Å²) in [6, 6.07) is 26.4. The number of thiophene rings is 1. The number of nitrogens with zero attached hydrogens (tertiary/aromatic N) is 18. The molecular formula is C67H52N18OS+4. The molecule has 0 unspecified atom stereocenters. The van der Waals surface area contributed by atoms with Gasteiger partial charge in [0.1, 0.15) is 29.8 Å². The fourth-order valence-electron chi connectivity index (χ4n) is 14.0. The van der Waals surface area contributed by atoms with Crippen molar-refractivity contribution in [3.8, 4) is 51.2 Å². The fourth-order valence-corrected chi connectivity index (χ4v) is 15.2. The number of pyridine rings is 8. The molecule has 0 aliphatic carbocycles. The van der Waals surface area contributed by atoms with E-state index in [1.165, 1.54) is 109 Å². The molecule has 0 atom stereocenters. The van der Waals surface area contributed by atoms with E-state index in [9.17, 15) is 0 Å². The Bertz CT molecular complexity index is 5840. The van der Waals surface area contributed by atoms with E-state index < -0.39 is 14.0 Å². The van der Waals surface area contributed by atoms with E-state index in [4.69, 9.17) is 12.6 Å². The minimum atomic E-state index is -2.49.